The molecule has 0 bridgehead atoms. The van der Waals surface area contributed by atoms with Crippen LogP contribution in [0.4, 0.5) is 0 Å². The second-order valence-electron chi connectivity index (χ2n) is 6.08. The van der Waals surface area contributed by atoms with E-state index in [-0.39, 0.29) is 31.8 Å². The van der Waals surface area contributed by atoms with Crippen molar-refractivity contribution in [3.63, 3.8) is 0 Å². The van der Waals surface area contributed by atoms with Crippen molar-refractivity contribution in [1.29, 1.82) is 0 Å². The molecule has 1 aromatic rings. The Morgan fingerprint density at radius 1 is 1.12 bits per heavy atom. The fraction of sp³-hybridized carbons (Fsp3) is 0.526. The molecule has 2 rings (SSSR count). The summed E-state index contributed by atoms with van der Waals surface area (Å²) in [5.41, 5.74) is -0.264. The average Bonchev–Trinajstić information content (AvgIpc) is 2.60. The summed E-state index contributed by atoms with van der Waals surface area (Å²) in [4.78, 5) is 36.7. The van der Waals surface area contributed by atoms with Crippen molar-refractivity contribution in [2.24, 2.45) is 5.41 Å². The van der Waals surface area contributed by atoms with Gasteiger partial charge in [-0.1, -0.05) is 36.8 Å². The molecule has 0 unspecified atom stereocenters. The smallest absolute Gasteiger partial charge is 0.319 e. The van der Waals surface area contributed by atoms with Crippen LogP contribution in [0.25, 0.3) is 0 Å². The summed E-state index contributed by atoms with van der Waals surface area (Å²) in [6.07, 6.45) is 2.62. The summed E-state index contributed by atoms with van der Waals surface area (Å²) in [5, 5.41) is 0. The highest BCUT2D eigenvalue weighted by atomic mass is 16.5. The van der Waals surface area contributed by atoms with E-state index in [4.69, 9.17) is 9.47 Å². The molecule has 5 nitrogen and oxygen atoms in total. The van der Waals surface area contributed by atoms with E-state index in [2.05, 4.69) is 0 Å². The first-order valence-electron chi connectivity index (χ1n) is 8.48. The van der Waals surface area contributed by atoms with Gasteiger partial charge in [0.15, 0.2) is 0 Å². The van der Waals surface area contributed by atoms with Crippen molar-refractivity contribution in [1.82, 2.24) is 0 Å². The fourth-order valence-electron chi connectivity index (χ4n) is 3.07. The van der Waals surface area contributed by atoms with Gasteiger partial charge in [0, 0.05) is 12.8 Å². The van der Waals surface area contributed by atoms with E-state index in [1.807, 2.05) is 30.3 Å². The summed E-state index contributed by atoms with van der Waals surface area (Å²) < 4.78 is 10.3. The number of rotatable bonds is 7. The van der Waals surface area contributed by atoms with Gasteiger partial charge in [-0.25, -0.2) is 0 Å². The average molecular weight is 332 g/mol. The summed E-state index contributed by atoms with van der Waals surface area (Å²) >= 11 is 0. The first-order chi connectivity index (χ1) is 11.6. The van der Waals surface area contributed by atoms with Crippen LogP contribution in [0.1, 0.15) is 51.0 Å². The van der Waals surface area contributed by atoms with Crippen LogP contribution in [0.5, 0.6) is 0 Å². The van der Waals surface area contributed by atoms with E-state index < -0.39 is 17.4 Å². The lowest BCUT2D eigenvalue weighted by molar-refractivity contribution is -0.163. The van der Waals surface area contributed by atoms with Gasteiger partial charge >= 0.3 is 11.9 Å². The minimum Gasteiger partial charge on any atom is -0.465 e. The van der Waals surface area contributed by atoms with Crippen LogP contribution in [0.2, 0.25) is 0 Å². The van der Waals surface area contributed by atoms with Crippen LogP contribution < -0.4 is 0 Å². The molecular weight excluding hydrogens is 308 g/mol. The molecule has 0 spiro atoms. The van der Waals surface area contributed by atoms with E-state index >= 15 is 0 Å². The minimum atomic E-state index is -1.17. The van der Waals surface area contributed by atoms with Crippen LogP contribution in [0.3, 0.4) is 0 Å². The molecular formula is C19H24O5. The first kappa shape index (κ1) is 18.2. The molecule has 130 valence electrons. The number of ketones is 1. The van der Waals surface area contributed by atoms with Gasteiger partial charge in [0.05, 0.1) is 6.61 Å². The number of hydrogen-bond donors (Lipinski definition) is 0. The molecule has 1 aromatic carbocycles. The van der Waals surface area contributed by atoms with Crippen LogP contribution in [0.15, 0.2) is 30.3 Å². The van der Waals surface area contributed by atoms with Crippen LogP contribution in [0, 0.1) is 5.41 Å². The van der Waals surface area contributed by atoms with Crippen molar-refractivity contribution in [3.05, 3.63) is 35.9 Å². The molecule has 1 atom stereocenters. The molecule has 1 aliphatic rings. The lowest BCUT2D eigenvalue weighted by atomic mass is 9.70. The number of carbonyl (C=O) groups excluding carboxylic acids is 3. The standard InChI is InChI=1S/C19H24O5/c1-2-23-18(22)19(12-7-6-10-16(19)20)13-11-17(21)24-14-15-8-4-3-5-9-15/h3-5,8-9H,2,6-7,10-14H2,1H3/t19-/m0/s1. The van der Waals surface area contributed by atoms with E-state index in [0.29, 0.717) is 12.8 Å². The summed E-state index contributed by atoms with van der Waals surface area (Å²) in [5.74, 6) is -1.01. The molecule has 0 saturated heterocycles. The number of ether oxygens (including phenoxy) is 2. The highest BCUT2D eigenvalue weighted by molar-refractivity contribution is 6.04. The topological polar surface area (TPSA) is 69.7 Å². The molecule has 1 fully saturated rings. The maximum atomic E-state index is 12.4. The van der Waals surface area contributed by atoms with Crippen LogP contribution in [-0.2, 0) is 30.5 Å². The van der Waals surface area contributed by atoms with Crippen LogP contribution >= 0.6 is 0 Å². The molecule has 1 aliphatic carbocycles. The maximum absolute atomic E-state index is 12.4. The highest BCUT2D eigenvalue weighted by Crippen LogP contribution is 2.39. The normalized spacial score (nSPS) is 20.5. The van der Waals surface area contributed by atoms with Gasteiger partial charge in [-0.15, -0.1) is 0 Å². The van der Waals surface area contributed by atoms with Crippen LogP contribution in [-0.4, -0.2) is 24.3 Å². The predicted octanol–water partition coefficient (Wildman–Crippen LogP) is 3.20. The minimum absolute atomic E-state index is 0.0391. The van der Waals surface area contributed by atoms with Crippen molar-refractivity contribution >= 4 is 17.7 Å². The number of benzene rings is 1. The quantitative estimate of drug-likeness (QED) is 0.566. The predicted molar refractivity (Wildman–Crippen MR) is 88.0 cm³/mol. The zero-order chi connectivity index (χ0) is 17.4. The Hall–Kier alpha value is -2.17. The lowest BCUT2D eigenvalue weighted by Gasteiger charge is -2.33. The van der Waals surface area contributed by atoms with Gasteiger partial charge in [-0.3, -0.25) is 14.4 Å². The SMILES string of the molecule is CCOC(=O)[C@]1(CCC(=O)OCc2ccccc2)CCCCC1=O. The van der Waals surface area contributed by atoms with Gasteiger partial charge in [-0.05, 0) is 31.7 Å². The summed E-state index contributed by atoms with van der Waals surface area (Å²) in [7, 11) is 0. The van der Waals surface area contributed by atoms with Gasteiger partial charge in [0.25, 0.3) is 0 Å². The first-order valence-corrected chi connectivity index (χ1v) is 8.48. The van der Waals surface area contributed by atoms with Gasteiger partial charge < -0.3 is 9.47 Å². The largest absolute Gasteiger partial charge is 0.465 e. The Balaban J connectivity index is 1.93. The monoisotopic (exact) mass is 332 g/mol. The number of carbonyl (C=O) groups is 3. The highest BCUT2D eigenvalue weighted by Gasteiger charge is 2.47. The Morgan fingerprint density at radius 2 is 1.88 bits per heavy atom. The fourth-order valence-corrected chi connectivity index (χ4v) is 3.07. The molecule has 5 heteroatoms. The zero-order valence-electron chi connectivity index (χ0n) is 14.1. The third-order valence-corrected chi connectivity index (χ3v) is 4.46. The van der Waals surface area contributed by atoms with E-state index in [1.54, 1.807) is 6.92 Å². The number of esters is 2. The molecule has 0 heterocycles. The van der Waals surface area contributed by atoms with Gasteiger partial charge in [0.2, 0.25) is 0 Å². The Kier molecular flexibility index (Phi) is 6.53. The Morgan fingerprint density at radius 3 is 2.54 bits per heavy atom. The van der Waals surface area contributed by atoms with E-state index in [1.165, 1.54) is 0 Å². The zero-order valence-corrected chi connectivity index (χ0v) is 14.1. The van der Waals surface area contributed by atoms with E-state index in [9.17, 15) is 14.4 Å². The Bertz CT molecular complexity index is 581. The van der Waals surface area contributed by atoms with Crippen molar-refractivity contribution < 1.29 is 23.9 Å². The lowest BCUT2D eigenvalue weighted by Crippen LogP contribution is -2.43. The third-order valence-electron chi connectivity index (χ3n) is 4.46. The second-order valence-corrected chi connectivity index (χ2v) is 6.08. The van der Waals surface area contributed by atoms with Crippen molar-refractivity contribution in [3.8, 4) is 0 Å². The molecule has 0 radical (unpaired) electrons. The molecule has 0 aliphatic heterocycles. The van der Waals surface area contributed by atoms with Crippen molar-refractivity contribution in [2.45, 2.75) is 52.1 Å². The molecule has 0 amide bonds. The third kappa shape index (κ3) is 4.43. The second kappa shape index (κ2) is 8.62. The maximum Gasteiger partial charge on any atom is 0.319 e. The molecule has 24 heavy (non-hydrogen) atoms. The molecule has 0 N–H and O–H groups in total. The molecule has 1 saturated carbocycles. The Labute approximate surface area is 142 Å². The summed E-state index contributed by atoms with van der Waals surface area (Å²) in [6, 6.07) is 9.39. The van der Waals surface area contributed by atoms with E-state index in [0.717, 1.165) is 18.4 Å². The number of Topliss-reactive ketones (excluding diaryl/α,β-unsaturated/α-hetero) is 1. The molecule has 0 aromatic heterocycles. The number of hydrogen-bond acceptors (Lipinski definition) is 5. The van der Waals surface area contributed by atoms with Crippen molar-refractivity contribution in [2.75, 3.05) is 6.61 Å². The van der Waals surface area contributed by atoms with Gasteiger partial charge in [0.1, 0.15) is 17.8 Å². The summed E-state index contributed by atoms with van der Waals surface area (Å²) in [6.45, 7) is 2.14. The van der Waals surface area contributed by atoms with Gasteiger partial charge in [-0.2, -0.15) is 0 Å².